The van der Waals surface area contributed by atoms with Crippen LogP contribution >= 0.6 is 0 Å². The monoisotopic (exact) mass is 440 g/mol. The van der Waals surface area contributed by atoms with Crippen molar-refractivity contribution in [1.82, 2.24) is 15.0 Å². The number of fused-ring (bicyclic) bond motifs is 3. The molecule has 33 heavy (non-hydrogen) atoms. The van der Waals surface area contributed by atoms with Gasteiger partial charge >= 0.3 is 12.1 Å². The van der Waals surface area contributed by atoms with E-state index in [1.54, 1.807) is 0 Å². The van der Waals surface area contributed by atoms with Crippen molar-refractivity contribution in [3.05, 3.63) is 101 Å². The van der Waals surface area contributed by atoms with Crippen LogP contribution in [0, 0.1) is 0 Å². The van der Waals surface area contributed by atoms with Crippen molar-refractivity contribution in [2.45, 2.75) is 12.5 Å². The number of hydrogen-bond donors (Lipinski definition) is 2. The van der Waals surface area contributed by atoms with Crippen LogP contribution in [0.25, 0.3) is 11.1 Å². The third kappa shape index (κ3) is 3.94. The van der Waals surface area contributed by atoms with Crippen LogP contribution in [0.4, 0.5) is 10.6 Å². The second kappa shape index (κ2) is 8.58. The molecule has 8 nitrogen and oxygen atoms in total. The van der Waals surface area contributed by atoms with Crippen LogP contribution in [0.3, 0.4) is 0 Å². The van der Waals surface area contributed by atoms with E-state index >= 15 is 0 Å². The maximum atomic E-state index is 12.7. The number of benzene rings is 3. The van der Waals surface area contributed by atoms with Crippen molar-refractivity contribution in [3.63, 3.8) is 0 Å². The predicted octanol–water partition coefficient (Wildman–Crippen LogP) is 4.39. The van der Waals surface area contributed by atoms with Crippen molar-refractivity contribution < 1.29 is 19.4 Å². The van der Waals surface area contributed by atoms with Gasteiger partial charge in [0.1, 0.15) is 6.61 Å². The molecule has 1 aromatic heterocycles. The number of ether oxygens (including phenoxy) is 1. The van der Waals surface area contributed by atoms with Gasteiger partial charge in [-0.1, -0.05) is 84.1 Å². The minimum atomic E-state index is -1.29. The molecule has 0 saturated carbocycles. The second-order valence-corrected chi connectivity index (χ2v) is 7.69. The van der Waals surface area contributed by atoms with E-state index in [9.17, 15) is 14.7 Å². The number of hydrogen-bond acceptors (Lipinski definition) is 5. The lowest BCUT2D eigenvalue weighted by atomic mass is 9.98. The molecule has 1 amide bonds. The first-order chi connectivity index (χ1) is 16.1. The molecule has 0 saturated heterocycles. The molecule has 0 radical (unpaired) electrons. The summed E-state index contributed by atoms with van der Waals surface area (Å²) in [6, 6.07) is 25.4. The van der Waals surface area contributed by atoms with Crippen molar-refractivity contribution >= 4 is 17.9 Å². The molecule has 0 aliphatic heterocycles. The van der Waals surface area contributed by atoms with Crippen molar-refractivity contribution in [2.75, 3.05) is 11.9 Å². The summed E-state index contributed by atoms with van der Waals surface area (Å²) in [7, 11) is 0. The smallest absolute Gasteiger partial charge is 0.412 e. The number of aromatic nitrogens is 3. The number of amides is 1. The standard InChI is InChI=1S/C25H20N4O4/c30-24(31)22-23(29(28-27-22)14-16-8-2-1-3-9-16)26-25(32)33-15-21-19-12-6-4-10-17(19)18-11-5-7-13-20(18)21/h1-13,21H,14-15H2,(H,26,32)(H,30,31). The first-order valence-electron chi connectivity index (χ1n) is 10.4. The van der Waals surface area contributed by atoms with Gasteiger partial charge in [-0.15, -0.1) is 5.10 Å². The predicted molar refractivity (Wildman–Crippen MR) is 121 cm³/mol. The highest BCUT2D eigenvalue weighted by atomic mass is 16.5. The number of anilines is 1. The Hall–Kier alpha value is -4.46. The van der Waals surface area contributed by atoms with Crippen molar-refractivity contribution in [2.24, 2.45) is 0 Å². The van der Waals surface area contributed by atoms with E-state index in [1.165, 1.54) is 4.68 Å². The molecule has 164 valence electrons. The average molecular weight is 440 g/mol. The second-order valence-electron chi connectivity index (χ2n) is 7.69. The molecule has 1 heterocycles. The summed E-state index contributed by atoms with van der Waals surface area (Å²) in [5, 5.41) is 19.6. The number of carbonyl (C=O) groups is 2. The Kier molecular flexibility index (Phi) is 5.32. The number of carboxylic acids is 1. The lowest BCUT2D eigenvalue weighted by molar-refractivity contribution is 0.0691. The maximum Gasteiger partial charge on any atom is 0.412 e. The molecule has 4 aromatic rings. The summed E-state index contributed by atoms with van der Waals surface area (Å²) >= 11 is 0. The van der Waals surface area contributed by atoms with Crippen LogP contribution in [0.5, 0.6) is 0 Å². The normalized spacial score (nSPS) is 12.1. The molecule has 0 fully saturated rings. The van der Waals surface area contributed by atoms with Crippen LogP contribution in [-0.2, 0) is 11.3 Å². The summed E-state index contributed by atoms with van der Waals surface area (Å²) in [6.07, 6.45) is -0.768. The highest BCUT2D eigenvalue weighted by Gasteiger charge is 2.29. The molecule has 0 atom stereocenters. The number of aromatic carboxylic acids is 1. The minimum Gasteiger partial charge on any atom is -0.476 e. The Balaban J connectivity index is 1.34. The summed E-state index contributed by atoms with van der Waals surface area (Å²) in [4.78, 5) is 24.3. The van der Waals surface area contributed by atoms with Gasteiger partial charge in [-0.2, -0.15) is 0 Å². The summed E-state index contributed by atoms with van der Waals surface area (Å²) in [5.41, 5.74) is 4.97. The van der Waals surface area contributed by atoms with Crippen LogP contribution in [0.1, 0.15) is 33.1 Å². The Labute approximate surface area is 189 Å². The van der Waals surface area contributed by atoms with E-state index in [2.05, 4.69) is 27.8 Å². The molecule has 2 N–H and O–H groups in total. The minimum absolute atomic E-state index is 0.0245. The largest absolute Gasteiger partial charge is 0.476 e. The van der Waals surface area contributed by atoms with Gasteiger partial charge in [0.05, 0.1) is 6.54 Å². The number of rotatable bonds is 6. The third-order valence-corrected chi connectivity index (χ3v) is 5.68. The fraction of sp³-hybridized carbons (Fsp3) is 0.120. The zero-order valence-corrected chi connectivity index (χ0v) is 17.5. The Bertz CT molecular complexity index is 1290. The Morgan fingerprint density at radius 1 is 0.909 bits per heavy atom. The zero-order valence-electron chi connectivity index (χ0n) is 17.5. The van der Waals surface area contributed by atoms with Gasteiger partial charge in [-0.05, 0) is 27.8 Å². The van der Waals surface area contributed by atoms with Gasteiger partial charge in [-0.3, -0.25) is 5.32 Å². The quantitative estimate of drug-likeness (QED) is 0.461. The van der Waals surface area contributed by atoms with E-state index in [0.717, 1.165) is 27.8 Å². The number of nitrogens with one attached hydrogen (secondary N) is 1. The Morgan fingerprint density at radius 3 is 2.15 bits per heavy atom. The SMILES string of the molecule is O=C(Nc1c(C(=O)O)nnn1Cc1ccccc1)OCC1c2ccccc2-c2ccccc21. The third-order valence-electron chi connectivity index (χ3n) is 5.68. The van der Waals surface area contributed by atoms with E-state index in [4.69, 9.17) is 4.74 Å². The van der Waals surface area contributed by atoms with Gasteiger partial charge in [0.25, 0.3) is 0 Å². The van der Waals surface area contributed by atoms with Crippen LogP contribution in [0.2, 0.25) is 0 Å². The number of carboxylic acid groups (broad SMARTS) is 1. The number of nitrogens with zero attached hydrogens (tertiary/aromatic N) is 3. The van der Waals surface area contributed by atoms with Crippen LogP contribution in [-0.4, -0.2) is 38.8 Å². The highest BCUT2D eigenvalue weighted by molar-refractivity contribution is 5.95. The molecular formula is C25H20N4O4. The molecule has 1 aliphatic carbocycles. The lowest BCUT2D eigenvalue weighted by Gasteiger charge is -2.15. The van der Waals surface area contributed by atoms with E-state index < -0.39 is 12.1 Å². The van der Waals surface area contributed by atoms with Crippen molar-refractivity contribution in [1.29, 1.82) is 0 Å². The summed E-state index contributed by atoms with van der Waals surface area (Å²) < 4.78 is 6.87. The van der Waals surface area contributed by atoms with Crippen LogP contribution in [0.15, 0.2) is 78.9 Å². The first-order valence-corrected chi connectivity index (χ1v) is 10.4. The topological polar surface area (TPSA) is 106 Å². The van der Waals surface area contributed by atoms with Crippen molar-refractivity contribution in [3.8, 4) is 11.1 Å². The zero-order chi connectivity index (χ0) is 22.8. The highest BCUT2D eigenvalue weighted by Crippen LogP contribution is 2.44. The van der Waals surface area contributed by atoms with E-state index in [0.29, 0.717) is 0 Å². The fourth-order valence-corrected chi connectivity index (χ4v) is 4.18. The van der Waals surface area contributed by atoms with E-state index in [1.807, 2.05) is 66.7 Å². The summed E-state index contributed by atoms with van der Waals surface area (Å²) in [6.45, 7) is 0.364. The molecular weight excluding hydrogens is 420 g/mol. The molecule has 0 bridgehead atoms. The van der Waals surface area contributed by atoms with Gasteiger partial charge in [0.15, 0.2) is 5.82 Å². The fourth-order valence-electron chi connectivity index (χ4n) is 4.18. The molecule has 8 heteroatoms. The van der Waals surface area contributed by atoms with E-state index in [-0.39, 0.29) is 30.6 Å². The number of carbonyl (C=O) groups excluding carboxylic acids is 1. The molecule has 3 aromatic carbocycles. The first kappa shape index (κ1) is 20.4. The molecule has 0 unspecified atom stereocenters. The van der Waals surface area contributed by atoms with Crippen LogP contribution < -0.4 is 5.32 Å². The lowest BCUT2D eigenvalue weighted by Crippen LogP contribution is -2.21. The summed E-state index contributed by atoms with van der Waals surface area (Å²) in [5.74, 6) is -1.42. The molecule has 0 spiro atoms. The average Bonchev–Trinajstić information content (AvgIpc) is 3.37. The van der Waals surface area contributed by atoms with Gasteiger partial charge < -0.3 is 9.84 Å². The maximum absolute atomic E-state index is 12.7. The molecule has 1 aliphatic rings. The van der Waals surface area contributed by atoms with Gasteiger partial charge in [0, 0.05) is 5.92 Å². The molecule has 5 rings (SSSR count). The van der Waals surface area contributed by atoms with Gasteiger partial charge in [-0.25, -0.2) is 14.3 Å². The Morgan fingerprint density at radius 2 is 1.52 bits per heavy atom. The van der Waals surface area contributed by atoms with Gasteiger partial charge in [0.2, 0.25) is 5.69 Å².